The van der Waals surface area contributed by atoms with E-state index in [9.17, 15) is 5.11 Å². The summed E-state index contributed by atoms with van der Waals surface area (Å²) in [7, 11) is 1.58. The highest BCUT2D eigenvalue weighted by molar-refractivity contribution is 7.10. The number of aliphatic hydroxyl groups is 1. The van der Waals surface area contributed by atoms with Gasteiger partial charge in [0.1, 0.15) is 11.4 Å². The Morgan fingerprint density at radius 2 is 2.04 bits per heavy atom. The second-order valence-corrected chi connectivity index (χ2v) is 6.83. The Kier molecular flexibility index (Phi) is 5.48. The third kappa shape index (κ3) is 3.90. The van der Waals surface area contributed by atoms with Crippen LogP contribution in [-0.2, 0) is 16.8 Å². The maximum atomic E-state index is 11.8. The molecule has 1 N–H and O–H groups in total. The minimum absolute atomic E-state index is 0.125. The number of aromatic nitrogens is 1. The molecule has 130 valence electrons. The first-order valence-electron chi connectivity index (χ1n) is 8.02. The maximum Gasteiger partial charge on any atom is 0.188 e. The van der Waals surface area contributed by atoms with Gasteiger partial charge in [-0.25, -0.2) is 0 Å². The Morgan fingerprint density at radius 1 is 1.16 bits per heavy atom. The highest BCUT2D eigenvalue weighted by Crippen LogP contribution is 2.40. The summed E-state index contributed by atoms with van der Waals surface area (Å²) < 4.78 is 10.8. The fraction of sp³-hybridized carbons (Fsp3) is 0.250. The fourth-order valence-electron chi connectivity index (χ4n) is 2.81. The van der Waals surface area contributed by atoms with Gasteiger partial charge in [-0.3, -0.25) is 4.98 Å². The molecule has 0 fully saturated rings. The molecule has 0 radical (unpaired) electrons. The predicted molar refractivity (Wildman–Crippen MR) is 98.9 cm³/mol. The van der Waals surface area contributed by atoms with E-state index in [-0.39, 0.29) is 6.79 Å². The summed E-state index contributed by atoms with van der Waals surface area (Å²) in [5.74, 6) is 0.610. The fourth-order valence-corrected chi connectivity index (χ4v) is 3.65. The Bertz CT molecular complexity index is 805. The molecule has 0 aliphatic carbocycles. The minimum atomic E-state index is -1.22. The molecular formula is C20H21NO3S. The van der Waals surface area contributed by atoms with Crippen LogP contribution in [0.4, 0.5) is 0 Å². The summed E-state index contributed by atoms with van der Waals surface area (Å²) in [6, 6.07) is 15.4. The van der Waals surface area contributed by atoms with Gasteiger partial charge in [-0.05, 0) is 42.6 Å². The molecule has 3 rings (SSSR count). The molecule has 1 atom stereocenters. The van der Waals surface area contributed by atoms with Crippen molar-refractivity contribution in [2.24, 2.45) is 0 Å². The third-order valence-electron chi connectivity index (χ3n) is 4.00. The summed E-state index contributed by atoms with van der Waals surface area (Å²) in [6.45, 7) is 2.12. The first kappa shape index (κ1) is 17.6. The lowest BCUT2D eigenvalue weighted by Gasteiger charge is -2.29. The highest BCUT2D eigenvalue weighted by atomic mass is 32.1. The monoisotopic (exact) mass is 355 g/mol. The van der Waals surface area contributed by atoms with Crippen molar-refractivity contribution in [2.75, 3.05) is 13.9 Å². The van der Waals surface area contributed by atoms with Crippen LogP contribution in [0.1, 0.15) is 21.7 Å². The van der Waals surface area contributed by atoms with Crippen molar-refractivity contribution >= 4 is 11.3 Å². The quantitative estimate of drug-likeness (QED) is 0.653. The number of hydrogen-bond acceptors (Lipinski definition) is 5. The van der Waals surface area contributed by atoms with Gasteiger partial charge >= 0.3 is 0 Å². The van der Waals surface area contributed by atoms with Crippen LogP contribution in [0.15, 0.2) is 60.1 Å². The molecule has 1 unspecified atom stereocenters. The van der Waals surface area contributed by atoms with Crippen molar-refractivity contribution < 1.29 is 14.6 Å². The number of thiophene rings is 1. The average Bonchev–Trinajstić information content (AvgIpc) is 3.17. The van der Waals surface area contributed by atoms with E-state index >= 15 is 0 Å². The van der Waals surface area contributed by atoms with E-state index in [1.807, 2.05) is 60.8 Å². The first-order valence-corrected chi connectivity index (χ1v) is 8.90. The van der Waals surface area contributed by atoms with Gasteiger partial charge in [0.05, 0.1) is 0 Å². The summed E-state index contributed by atoms with van der Waals surface area (Å²) in [4.78, 5) is 5.25. The number of benzene rings is 1. The average molecular weight is 355 g/mol. The topological polar surface area (TPSA) is 51.6 Å². The van der Waals surface area contributed by atoms with Crippen LogP contribution < -0.4 is 4.74 Å². The van der Waals surface area contributed by atoms with Crippen molar-refractivity contribution in [3.8, 4) is 5.75 Å². The molecule has 0 amide bonds. The third-order valence-corrected chi connectivity index (χ3v) is 5.03. The zero-order valence-corrected chi connectivity index (χ0v) is 15.1. The maximum absolute atomic E-state index is 11.8. The lowest BCUT2D eigenvalue weighted by atomic mass is 9.86. The molecule has 0 aliphatic rings. The Hall–Kier alpha value is -2.21. The Labute approximate surface area is 151 Å². The van der Waals surface area contributed by atoms with Gasteiger partial charge in [0.15, 0.2) is 6.79 Å². The van der Waals surface area contributed by atoms with Crippen LogP contribution in [-0.4, -0.2) is 24.0 Å². The predicted octanol–water partition coefficient (Wildman–Crippen LogP) is 3.91. The van der Waals surface area contributed by atoms with E-state index in [0.29, 0.717) is 12.2 Å². The zero-order valence-electron chi connectivity index (χ0n) is 14.3. The van der Waals surface area contributed by atoms with Gasteiger partial charge < -0.3 is 14.6 Å². The van der Waals surface area contributed by atoms with Gasteiger partial charge in [-0.1, -0.05) is 23.8 Å². The van der Waals surface area contributed by atoms with Crippen LogP contribution in [0, 0.1) is 6.92 Å². The number of aryl methyl sites for hydroxylation is 1. The van der Waals surface area contributed by atoms with Crippen LogP contribution in [0.2, 0.25) is 0 Å². The summed E-state index contributed by atoms with van der Waals surface area (Å²) in [5, 5.41) is 13.7. The summed E-state index contributed by atoms with van der Waals surface area (Å²) in [6.07, 6.45) is 2.10. The summed E-state index contributed by atoms with van der Waals surface area (Å²) in [5.41, 5.74) is 1.36. The van der Waals surface area contributed by atoms with Crippen LogP contribution >= 0.6 is 11.3 Å². The number of hydrogen-bond donors (Lipinski definition) is 1. The summed E-state index contributed by atoms with van der Waals surface area (Å²) >= 11 is 1.52. The lowest BCUT2D eigenvalue weighted by Crippen LogP contribution is -2.30. The molecule has 2 aromatic heterocycles. The minimum Gasteiger partial charge on any atom is -0.467 e. The normalized spacial score (nSPS) is 13.4. The van der Waals surface area contributed by atoms with Crippen LogP contribution in [0.25, 0.3) is 0 Å². The van der Waals surface area contributed by atoms with Gasteiger partial charge in [0.2, 0.25) is 0 Å². The largest absolute Gasteiger partial charge is 0.467 e. The second-order valence-electron chi connectivity index (χ2n) is 5.89. The van der Waals surface area contributed by atoms with E-state index in [2.05, 4.69) is 4.98 Å². The molecule has 2 heterocycles. The van der Waals surface area contributed by atoms with Gasteiger partial charge in [-0.15, -0.1) is 11.3 Å². The van der Waals surface area contributed by atoms with Gasteiger partial charge in [-0.2, -0.15) is 0 Å². The highest BCUT2D eigenvalue weighted by Gasteiger charge is 2.36. The molecule has 0 spiro atoms. The SMILES string of the molecule is COCOc1ccc(C)cc1C(O)(Cc1ccccn1)c1cccs1. The van der Waals surface area contributed by atoms with Gasteiger partial charge in [0.25, 0.3) is 0 Å². The van der Waals surface area contributed by atoms with Crippen molar-refractivity contribution in [2.45, 2.75) is 18.9 Å². The number of nitrogens with zero attached hydrogens (tertiary/aromatic N) is 1. The van der Waals surface area contributed by atoms with Crippen molar-refractivity contribution in [3.05, 3.63) is 81.8 Å². The smallest absolute Gasteiger partial charge is 0.188 e. The molecule has 3 aromatic rings. The Balaban J connectivity index is 2.10. The van der Waals surface area contributed by atoms with Crippen molar-refractivity contribution in [3.63, 3.8) is 0 Å². The van der Waals surface area contributed by atoms with E-state index < -0.39 is 5.60 Å². The van der Waals surface area contributed by atoms with Crippen molar-refractivity contribution in [1.82, 2.24) is 4.98 Å². The molecule has 0 saturated heterocycles. The van der Waals surface area contributed by atoms with Crippen LogP contribution in [0.3, 0.4) is 0 Å². The second kappa shape index (κ2) is 7.78. The molecular weight excluding hydrogens is 334 g/mol. The van der Waals surface area contributed by atoms with E-state index in [1.165, 1.54) is 11.3 Å². The van der Waals surface area contributed by atoms with E-state index in [0.717, 1.165) is 21.7 Å². The molecule has 4 nitrogen and oxygen atoms in total. The number of rotatable bonds is 7. The van der Waals surface area contributed by atoms with Crippen LogP contribution in [0.5, 0.6) is 5.75 Å². The molecule has 0 saturated carbocycles. The van der Waals surface area contributed by atoms with Gasteiger partial charge in [0, 0.05) is 35.9 Å². The molecule has 1 aromatic carbocycles. The first-order chi connectivity index (χ1) is 12.1. The molecule has 25 heavy (non-hydrogen) atoms. The molecule has 0 aliphatic heterocycles. The standard InChI is InChI=1S/C20H21NO3S/c1-15-8-9-18(24-14-23-2)17(12-15)20(22,19-7-5-11-25-19)13-16-6-3-4-10-21-16/h3-12,22H,13-14H2,1-2H3. The number of methoxy groups -OCH3 is 1. The molecule has 5 heteroatoms. The number of pyridine rings is 1. The molecule has 0 bridgehead atoms. The Morgan fingerprint density at radius 3 is 2.72 bits per heavy atom. The number of ether oxygens (including phenoxy) is 2. The van der Waals surface area contributed by atoms with E-state index in [4.69, 9.17) is 9.47 Å². The van der Waals surface area contributed by atoms with E-state index in [1.54, 1.807) is 13.3 Å². The zero-order chi connectivity index (χ0) is 17.7. The lowest BCUT2D eigenvalue weighted by molar-refractivity contribution is 0.0406. The van der Waals surface area contributed by atoms with Crippen molar-refractivity contribution in [1.29, 1.82) is 0 Å².